The topological polar surface area (TPSA) is 35.6 Å². The van der Waals surface area contributed by atoms with Crippen LogP contribution in [0.1, 0.15) is 10.4 Å². The van der Waals surface area contributed by atoms with Crippen LogP contribution in [-0.2, 0) is 0 Å². The van der Waals surface area contributed by atoms with Crippen LogP contribution in [0.4, 0.5) is 10.1 Å². The molecule has 1 heterocycles. The maximum atomic E-state index is 13.0. The van der Waals surface area contributed by atoms with Crippen LogP contribution >= 0.6 is 11.6 Å². The lowest BCUT2D eigenvalue weighted by Crippen LogP contribution is -2.50. The summed E-state index contributed by atoms with van der Waals surface area (Å²) in [5.41, 5.74) is 1.51. The van der Waals surface area contributed by atoms with Crippen LogP contribution in [0.2, 0.25) is 5.02 Å². The highest BCUT2D eigenvalue weighted by Gasteiger charge is 2.18. The Kier molecular flexibility index (Phi) is 5.33. The Hall–Kier alpha value is -2.11. The first kappa shape index (κ1) is 16.7. The fourth-order valence-electron chi connectivity index (χ4n) is 2.74. The molecule has 6 heteroatoms. The van der Waals surface area contributed by atoms with Crippen molar-refractivity contribution >= 4 is 23.2 Å². The second-order valence-electron chi connectivity index (χ2n) is 5.73. The molecule has 2 aromatic rings. The normalized spacial score (nSPS) is 15.3. The molecule has 126 valence electrons. The van der Waals surface area contributed by atoms with Crippen LogP contribution in [0, 0.1) is 5.82 Å². The third-order valence-electron chi connectivity index (χ3n) is 4.15. The molecule has 0 saturated carbocycles. The van der Waals surface area contributed by atoms with Gasteiger partial charge in [0.05, 0.1) is 17.3 Å². The molecule has 4 nitrogen and oxygen atoms in total. The molecular weight excluding hydrogens is 329 g/mol. The summed E-state index contributed by atoms with van der Waals surface area (Å²) in [6.07, 6.45) is 0. The van der Waals surface area contributed by atoms with E-state index in [4.69, 9.17) is 11.6 Å². The van der Waals surface area contributed by atoms with Gasteiger partial charge in [-0.3, -0.25) is 9.69 Å². The van der Waals surface area contributed by atoms with Crippen molar-refractivity contribution in [3.8, 4) is 0 Å². The highest BCUT2D eigenvalue weighted by Crippen LogP contribution is 2.17. The SMILES string of the molecule is O=C(NCN1CCN(c2ccc(F)cc2)CC1)c1ccccc1Cl. The number of piperazine rings is 1. The lowest BCUT2D eigenvalue weighted by Gasteiger charge is -2.36. The highest BCUT2D eigenvalue weighted by atomic mass is 35.5. The van der Waals surface area contributed by atoms with Gasteiger partial charge in [0.2, 0.25) is 0 Å². The molecule has 0 aliphatic carbocycles. The van der Waals surface area contributed by atoms with E-state index in [0.29, 0.717) is 17.3 Å². The molecule has 0 spiro atoms. The van der Waals surface area contributed by atoms with Crippen LogP contribution < -0.4 is 10.2 Å². The van der Waals surface area contributed by atoms with Crippen molar-refractivity contribution in [3.05, 3.63) is 64.9 Å². The lowest BCUT2D eigenvalue weighted by atomic mass is 10.2. The molecule has 0 bridgehead atoms. The Morgan fingerprint density at radius 2 is 1.71 bits per heavy atom. The van der Waals surface area contributed by atoms with Crippen LogP contribution in [-0.4, -0.2) is 43.7 Å². The van der Waals surface area contributed by atoms with Gasteiger partial charge in [0, 0.05) is 31.9 Å². The monoisotopic (exact) mass is 347 g/mol. The fourth-order valence-corrected chi connectivity index (χ4v) is 2.96. The molecule has 0 aromatic heterocycles. The summed E-state index contributed by atoms with van der Waals surface area (Å²) >= 11 is 6.03. The zero-order valence-electron chi connectivity index (χ0n) is 13.2. The smallest absolute Gasteiger partial charge is 0.253 e. The van der Waals surface area contributed by atoms with Crippen molar-refractivity contribution in [1.82, 2.24) is 10.2 Å². The van der Waals surface area contributed by atoms with Gasteiger partial charge in [-0.1, -0.05) is 23.7 Å². The quantitative estimate of drug-likeness (QED) is 0.923. The number of nitrogens with zero attached hydrogens (tertiary/aromatic N) is 2. The van der Waals surface area contributed by atoms with E-state index < -0.39 is 0 Å². The first-order valence-corrected chi connectivity index (χ1v) is 8.27. The molecule has 1 amide bonds. The summed E-state index contributed by atoms with van der Waals surface area (Å²) in [6.45, 7) is 3.84. The predicted molar refractivity (Wildman–Crippen MR) is 94.0 cm³/mol. The third kappa shape index (κ3) is 4.04. The van der Waals surface area contributed by atoms with Gasteiger partial charge in [0.1, 0.15) is 5.82 Å². The molecule has 0 radical (unpaired) electrons. The van der Waals surface area contributed by atoms with Crippen molar-refractivity contribution in [2.45, 2.75) is 0 Å². The largest absolute Gasteiger partial charge is 0.369 e. The molecule has 3 rings (SSSR count). The Balaban J connectivity index is 1.48. The average Bonchev–Trinajstić information content (AvgIpc) is 2.61. The van der Waals surface area contributed by atoms with Crippen molar-refractivity contribution in [3.63, 3.8) is 0 Å². The summed E-state index contributed by atoms with van der Waals surface area (Å²) in [5, 5.41) is 3.36. The van der Waals surface area contributed by atoms with E-state index in [1.54, 1.807) is 36.4 Å². The van der Waals surface area contributed by atoms with Gasteiger partial charge in [0.25, 0.3) is 5.91 Å². The number of rotatable bonds is 4. The standard InChI is InChI=1S/C18H19ClFN3O/c19-17-4-2-1-3-16(17)18(24)21-13-22-9-11-23(12-10-22)15-7-5-14(20)6-8-15/h1-8H,9-13H2,(H,21,24). The minimum Gasteiger partial charge on any atom is -0.369 e. The second kappa shape index (κ2) is 7.64. The molecule has 1 saturated heterocycles. The molecule has 2 aromatic carbocycles. The van der Waals surface area contributed by atoms with Gasteiger partial charge in [-0.05, 0) is 36.4 Å². The van der Waals surface area contributed by atoms with E-state index in [1.165, 1.54) is 12.1 Å². The summed E-state index contributed by atoms with van der Waals surface area (Å²) in [4.78, 5) is 16.5. The lowest BCUT2D eigenvalue weighted by molar-refractivity contribution is 0.0920. The molecular formula is C18H19ClFN3O. The third-order valence-corrected chi connectivity index (χ3v) is 4.48. The van der Waals surface area contributed by atoms with Crippen molar-refractivity contribution in [2.24, 2.45) is 0 Å². The highest BCUT2D eigenvalue weighted by molar-refractivity contribution is 6.33. The van der Waals surface area contributed by atoms with E-state index >= 15 is 0 Å². The summed E-state index contributed by atoms with van der Waals surface area (Å²) in [5.74, 6) is -0.388. The van der Waals surface area contributed by atoms with Gasteiger partial charge < -0.3 is 10.2 Å². The van der Waals surface area contributed by atoms with Crippen LogP contribution in [0.3, 0.4) is 0 Å². The van der Waals surface area contributed by atoms with E-state index in [-0.39, 0.29) is 11.7 Å². The Morgan fingerprint density at radius 1 is 1.04 bits per heavy atom. The number of nitrogens with one attached hydrogen (secondary N) is 1. The van der Waals surface area contributed by atoms with Gasteiger partial charge in [0.15, 0.2) is 0 Å². The number of carbonyl (C=O) groups is 1. The fraction of sp³-hybridized carbons (Fsp3) is 0.278. The number of hydrogen-bond acceptors (Lipinski definition) is 3. The molecule has 1 aliphatic rings. The maximum Gasteiger partial charge on any atom is 0.253 e. The van der Waals surface area contributed by atoms with Gasteiger partial charge in [-0.2, -0.15) is 0 Å². The maximum absolute atomic E-state index is 13.0. The average molecular weight is 348 g/mol. The zero-order valence-corrected chi connectivity index (χ0v) is 14.0. The Morgan fingerprint density at radius 3 is 2.38 bits per heavy atom. The van der Waals surface area contributed by atoms with Crippen molar-refractivity contribution in [2.75, 3.05) is 37.7 Å². The van der Waals surface area contributed by atoms with E-state index in [2.05, 4.69) is 15.1 Å². The summed E-state index contributed by atoms with van der Waals surface area (Å²) in [6, 6.07) is 13.6. The predicted octanol–water partition coefficient (Wildman–Crippen LogP) is 2.99. The number of halogens is 2. The molecule has 1 fully saturated rings. The molecule has 0 atom stereocenters. The van der Waals surface area contributed by atoms with Crippen molar-refractivity contribution < 1.29 is 9.18 Å². The van der Waals surface area contributed by atoms with Crippen LogP contribution in [0.5, 0.6) is 0 Å². The molecule has 1 N–H and O–H groups in total. The first-order valence-electron chi connectivity index (χ1n) is 7.89. The molecule has 1 aliphatic heterocycles. The number of amides is 1. The van der Waals surface area contributed by atoms with Crippen LogP contribution in [0.25, 0.3) is 0 Å². The van der Waals surface area contributed by atoms with E-state index in [0.717, 1.165) is 31.9 Å². The Bertz CT molecular complexity index is 700. The van der Waals surface area contributed by atoms with Crippen molar-refractivity contribution in [1.29, 1.82) is 0 Å². The van der Waals surface area contributed by atoms with E-state index in [9.17, 15) is 9.18 Å². The first-order chi connectivity index (χ1) is 11.6. The van der Waals surface area contributed by atoms with Gasteiger partial charge in [-0.15, -0.1) is 0 Å². The zero-order chi connectivity index (χ0) is 16.9. The van der Waals surface area contributed by atoms with E-state index in [1.807, 2.05) is 0 Å². The molecule has 0 unspecified atom stereocenters. The minimum absolute atomic E-state index is 0.165. The van der Waals surface area contributed by atoms with Crippen LogP contribution in [0.15, 0.2) is 48.5 Å². The second-order valence-corrected chi connectivity index (χ2v) is 6.13. The summed E-state index contributed by atoms with van der Waals surface area (Å²) in [7, 11) is 0. The minimum atomic E-state index is -0.223. The number of carbonyl (C=O) groups excluding carboxylic acids is 1. The number of benzene rings is 2. The summed E-state index contributed by atoms with van der Waals surface area (Å²) < 4.78 is 13.0. The molecule has 24 heavy (non-hydrogen) atoms. The Labute approximate surface area is 145 Å². The van der Waals surface area contributed by atoms with Gasteiger partial charge >= 0.3 is 0 Å². The number of anilines is 1. The number of hydrogen-bond donors (Lipinski definition) is 1. The van der Waals surface area contributed by atoms with Gasteiger partial charge in [-0.25, -0.2) is 4.39 Å².